The molecular formula is C16H13F3N2O3. The van der Waals surface area contributed by atoms with Gasteiger partial charge in [0.05, 0.1) is 11.3 Å². The van der Waals surface area contributed by atoms with E-state index in [-0.39, 0.29) is 5.69 Å². The molecule has 0 saturated heterocycles. The van der Waals surface area contributed by atoms with Crippen LogP contribution in [0.25, 0.3) is 11.3 Å². The summed E-state index contributed by atoms with van der Waals surface area (Å²) >= 11 is 0. The Bertz CT molecular complexity index is 822. The van der Waals surface area contributed by atoms with Crippen LogP contribution in [0.5, 0.6) is 0 Å². The van der Waals surface area contributed by atoms with E-state index in [0.29, 0.717) is 0 Å². The van der Waals surface area contributed by atoms with Crippen LogP contribution in [0.4, 0.5) is 18.9 Å². The van der Waals surface area contributed by atoms with E-state index in [4.69, 9.17) is 5.11 Å². The molecule has 1 amide bonds. The molecule has 0 unspecified atom stereocenters. The van der Waals surface area contributed by atoms with Crippen LogP contribution in [0.15, 0.2) is 24.3 Å². The van der Waals surface area contributed by atoms with E-state index in [9.17, 15) is 22.8 Å². The molecule has 126 valence electrons. The number of halogens is 3. The van der Waals surface area contributed by atoms with Gasteiger partial charge in [0.1, 0.15) is 23.0 Å². The standard InChI is InChI=1S/C16H13F3N2O3/c1-7(2)15(22)21-10-5-3-8(17)12(13(10)19)14-9(18)4-6-11(20-14)16(23)24/h3-7H,1-2H3,(H,21,22)(H,23,24). The second kappa shape index (κ2) is 6.69. The average molecular weight is 338 g/mol. The van der Waals surface area contributed by atoms with Crippen molar-refractivity contribution in [2.75, 3.05) is 5.32 Å². The van der Waals surface area contributed by atoms with Crippen molar-refractivity contribution in [1.82, 2.24) is 4.98 Å². The molecule has 0 spiro atoms. The van der Waals surface area contributed by atoms with Gasteiger partial charge < -0.3 is 10.4 Å². The summed E-state index contributed by atoms with van der Waals surface area (Å²) < 4.78 is 42.5. The molecule has 1 aromatic heterocycles. The van der Waals surface area contributed by atoms with Crippen molar-refractivity contribution >= 4 is 17.6 Å². The van der Waals surface area contributed by atoms with Crippen LogP contribution in [0.2, 0.25) is 0 Å². The number of nitrogens with one attached hydrogen (secondary N) is 1. The molecular weight excluding hydrogens is 325 g/mol. The highest BCUT2D eigenvalue weighted by atomic mass is 19.1. The second-order valence-corrected chi connectivity index (χ2v) is 5.26. The number of aromatic nitrogens is 1. The van der Waals surface area contributed by atoms with Crippen molar-refractivity contribution in [3.05, 3.63) is 47.4 Å². The van der Waals surface area contributed by atoms with E-state index in [1.807, 2.05) is 0 Å². The van der Waals surface area contributed by atoms with E-state index in [1.165, 1.54) is 0 Å². The fourth-order valence-electron chi connectivity index (χ4n) is 1.88. The maximum atomic E-state index is 14.5. The lowest BCUT2D eigenvalue weighted by molar-refractivity contribution is -0.118. The Kier molecular flexibility index (Phi) is 4.87. The van der Waals surface area contributed by atoms with Crippen LogP contribution in [-0.2, 0) is 4.79 Å². The van der Waals surface area contributed by atoms with Gasteiger partial charge >= 0.3 is 5.97 Å². The number of hydrogen-bond donors (Lipinski definition) is 2. The third-order valence-electron chi connectivity index (χ3n) is 3.18. The number of aromatic carboxylic acids is 1. The molecule has 24 heavy (non-hydrogen) atoms. The lowest BCUT2D eigenvalue weighted by atomic mass is 10.1. The van der Waals surface area contributed by atoms with Gasteiger partial charge in [0.2, 0.25) is 5.91 Å². The lowest BCUT2D eigenvalue weighted by Crippen LogP contribution is -2.19. The van der Waals surface area contributed by atoms with E-state index in [2.05, 4.69) is 10.3 Å². The predicted octanol–water partition coefficient (Wildman–Crippen LogP) is 3.46. The smallest absolute Gasteiger partial charge is 0.354 e. The quantitative estimate of drug-likeness (QED) is 0.895. The third-order valence-corrected chi connectivity index (χ3v) is 3.18. The summed E-state index contributed by atoms with van der Waals surface area (Å²) in [6.45, 7) is 3.16. The normalized spacial score (nSPS) is 10.8. The molecule has 8 heteroatoms. The molecule has 1 aromatic carbocycles. The zero-order valence-electron chi connectivity index (χ0n) is 12.7. The topological polar surface area (TPSA) is 79.3 Å². The molecule has 0 atom stereocenters. The van der Waals surface area contributed by atoms with Crippen LogP contribution in [0, 0.1) is 23.4 Å². The Labute approximate surface area is 135 Å². The van der Waals surface area contributed by atoms with Gasteiger partial charge in [-0.15, -0.1) is 0 Å². The number of rotatable bonds is 4. The first-order valence-corrected chi connectivity index (χ1v) is 6.91. The minimum atomic E-state index is -1.47. The van der Waals surface area contributed by atoms with E-state index >= 15 is 0 Å². The van der Waals surface area contributed by atoms with Gasteiger partial charge in [0.25, 0.3) is 0 Å². The van der Waals surface area contributed by atoms with Crippen LogP contribution in [-0.4, -0.2) is 22.0 Å². The Morgan fingerprint density at radius 3 is 2.29 bits per heavy atom. The maximum Gasteiger partial charge on any atom is 0.354 e. The van der Waals surface area contributed by atoms with Crippen LogP contribution < -0.4 is 5.32 Å². The first-order valence-electron chi connectivity index (χ1n) is 6.91. The molecule has 0 aliphatic heterocycles. The number of carboxylic acid groups (broad SMARTS) is 1. The number of hydrogen-bond acceptors (Lipinski definition) is 3. The number of carbonyl (C=O) groups is 2. The van der Waals surface area contributed by atoms with Gasteiger partial charge in [0.15, 0.2) is 5.82 Å². The number of carbonyl (C=O) groups excluding carboxylic acids is 1. The Morgan fingerprint density at radius 2 is 1.71 bits per heavy atom. The summed E-state index contributed by atoms with van der Waals surface area (Å²) in [6.07, 6.45) is 0. The van der Waals surface area contributed by atoms with Crippen LogP contribution >= 0.6 is 0 Å². The van der Waals surface area contributed by atoms with Gasteiger partial charge in [-0.3, -0.25) is 4.79 Å². The molecule has 2 N–H and O–H groups in total. The summed E-state index contributed by atoms with van der Waals surface area (Å²) in [5, 5.41) is 11.1. The third kappa shape index (κ3) is 3.37. The summed E-state index contributed by atoms with van der Waals surface area (Å²) in [7, 11) is 0. The largest absolute Gasteiger partial charge is 0.477 e. The molecule has 0 bridgehead atoms. The highest BCUT2D eigenvalue weighted by molar-refractivity contribution is 5.93. The number of pyridine rings is 1. The first kappa shape index (κ1) is 17.5. The molecule has 0 aliphatic rings. The van der Waals surface area contributed by atoms with Crippen molar-refractivity contribution in [3.8, 4) is 11.3 Å². The zero-order chi connectivity index (χ0) is 18.0. The number of benzene rings is 1. The van der Waals surface area contributed by atoms with E-state index in [0.717, 1.165) is 24.3 Å². The van der Waals surface area contributed by atoms with Crippen molar-refractivity contribution < 1.29 is 27.9 Å². The van der Waals surface area contributed by atoms with Crippen molar-refractivity contribution in [2.24, 2.45) is 5.92 Å². The van der Waals surface area contributed by atoms with Gasteiger partial charge in [-0.05, 0) is 24.3 Å². The molecule has 0 aliphatic carbocycles. The van der Waals surface area contributed by atoms with Gasteiger partial charge in [-0.2, -0.15) is 0 Å². The first-order chi connectivity index (χ1) is 11.2. The van der Waals surface area contributed by atoms with Crippen molar-refractivity contribution in [1.29, 1.82) is 0 Å². The SMILES string of the molecule is CC(C)C(=O)Nc1ccc(F)c(-c2nc(C(=O)O)ccc2F)c1F. The Balaban J connectivity index is 2.61. The van der Waals surface area contributed by atoms with E-state index < -0.39 is 52.2 Å². The summed E-state index contributed by atoms with van der Waals surface area (Å²) in [5.74, 6) is -5.91. The highest BCUT2D eigenvalue weighted by Gasteiger charge is 2.22. The molecule has 1 heterocycles. The number of carboxylic acids is 1. The number of amides is 1. The van der Waals surface area contributed by atoms with Crippen LogP contribution in [0.3, 0.4) is 0 Å². The van der Waals surface area contributed by atoms with Crippen molar-refractivity contribution in [2.45, 2.75) is 13.8 Å². The minimum absolute atomic E-state index is 0.355. The molecule has 2 aromatic rings. The molecule has 0 radical (unpaired) electrons. The fourth-order valence-corrected chi connectivity index (χ4v) is 1.88. The summed E-state index contributed by atoms with van der Waals surface area (Å²) in [6, 6.07) is 3.46. The van der Waals surface area contributed by atoms with E-state index in [1.54, 1.807) is 13.8 Å². The fraction of sp³-hybridized carbons (Fsp3) is 0.188. The number of nitrogens with zero attached hydrogens (tertiary/aromatic N) is 1. The Hall–Kier alpha value is -2.90. The summed E-state index contributed by atoms with van der Waals surface area (Å²) in [5.41, 5.74) is -2.56. The maximum absolute atomic E-state index is 14.5. The van der Waals surface area contributed by atoms with Gasteiger partial charge in [0, 0.05) is 5.92 Å². The van der Waals surface area contributed by atoms with Gasteiger partial charge in [-0.25, -0.2) is 22.9 Å². The highest BCUT2D eigenvalue weighted by Crippen LogP contribution is 2.31. The van der Waals surface area contributed by atoms with Gasteiger partial charge in [-0.1, -0.05) is 13.8 Å². The summed E-state index contributed by atoms with van der Waals surface area (Å²) in [4.78, 5) is 26.0. The second-order valence-electron chi connectivity index (χ2n) is 5.26. The molecule has 0 saturated carbocycles. The minimum Gasteiger partial charge on any atom is -0.477 e. The molecule has 2 rings (SSSR count). The Morgan fingerprint density at radius 1 is 1.08 bits per heavy atom. The molecule has 5 nitrogen and oxygen atoms in total. The lowest BCUT2D eigenvalue weighted by Gasteiger charge is -2.12. The monoisotopic (exact) mass is 338 g/mol. The molecule has 0 fully saturated rings. The number of anilines is 1. The van der Waals surface area contributed by atoms with Crippen LogP contribution in [0.1, 0.15) is 24.3 Å². The predicted molar refractivity (Wildman–Crippen MR) is 80.0 cm³/mol. The zero-order valence-corrected chi connectivity index (χ0v) is 12.7. The van der Waals surface area contributed by atoms with Crippen molar-refractivity contribution in [3.63, 3.8) is 0 Å². The average Bonchev–Trinajstić information content (AvgIpc) is 2.51.